The van der Waals surface area contributed by atoms with Crippen molar-refractivity contribution < 1.29 is 50.6 Å². The Labute approximate surface area is 256 Å². The van der Waals surface area contributed by atoms with Crippen LogP contribution in [0, 0.1) is 5.92 Å². The lowest BCUT2D eigenvalue weighted by molar-refractivity contribution is -0.192. The van der Waals surface area contributed by atoms with E-state index in [-0.39, 0.29) is 35.0 Å². The summed E-state index contributed by atoms with van der Waals surface area (Å²) in [6, 6.07) is 8.07. The van der Waals surface area contributed by atoms with Crippen molar-refractivity contribution in [3.05, 3.63) is 71.9 Å². The number of ether oxygens (including phenoxy) is 1. The van der Waals surface area contributed by atoms with E-state index in [1.165, 1.54) is 7.11 Å². The number of aromatic nitrogens is 4. The number of alkyl halides is 6. The first kappa shape index (κ1) is 33.7. The van der Waals surface area contributed by atoms with Crippen LogP contribution in [-0.2, 0) is 20.5 Å². The standard InChI is InChI=1S/C27H25F3N6O3.C2HF3O2/c1-39-26(38)18-4-2-3-17(13-18)24-35-21(22-23(31)33-11-12-36(22)24)15-5-7-16(8-6-15)25(37)34-20-14-19(9-10-32-20)27(28,29)30;3-2(4,5)1(6)7/h5-12,14,17-18H,2-4,13H2,1H3,(H2,31,33)(H,32,34,37);(H,6,7)/t17-,18+;/m1./s1. The number of esters is 1. The number of hydrogen-bond acceptors (Lipinski definition) is 8. The first-order valence-corrected chi connectivity index (χ1v) is 13.6. The molecule has 0 unspecified atom stereocenters. The van der Waals surface area contributed by atoms with Gasteiger partial charge in [0.1, 0.15) is 28.7 Å². The van der Waals surface area contributed by atoms with Crippen LogP contribution in [0.2, 0.25) is 0 Å². The zero-order chi connectivity index (χ0) is 33.8. The maximum absolute atomic E-state index is 13.0. The summed E-state index contributed by atoms with van der Waals surface area (Å²) >= 11 is 0. The van der Waals surface area contributed by atoms with Crippen molar-refractivity contribution in [2.24, 2.45) is 5.92 Å². The van der Waals surface area contributed by atoms with Crippen molar-refractivity contribution in [3.8, 4) is 11.3 Å². The number of hydrogen-bond donors (Lipinski definition) is 3. The van der Waals surface area contributed by atoms with E-state index >= 15 is 0 Å². The Hall–Kier alpha value is -5.22. The van der Waals surface area contributed by atoms with Crippen molar-refractivity contribution in [2.45, 2.75) is 44.0 Å². The van der Waals surface area contributed by atoms with Gasteiger partial charge in [0.15, 0.2) is 0 Å². The molecule has 1 amide bonds. The number of carbonyl (C=O) groups excluding carboxylic acids is 2. The van der Waals surface area contributed by atoms with E-state index < -0.39 is 29.8 Å². The molecule has 244 valence electrons. The number of amides is 1. The maximum atomic E-state index is 13.0. The SMILES string of the molecule is COC(=O)[C@H]1CCC[C@@H](c2nc(-c3ccc(C(=O)Nc4cc(C(F)(F)F)ccn4)cc3)c3c(N)nccn23)C1.O=C(O)C(F)(F)F. The highest BCUT2D eigenvalue weighted by molar-refractivity contribution is 6.04. The summed E-state index contributed by atoms with van der Waals surface area (Å²) < 4.78 is 77.5. The highest BCUT2D eigenvalue weighted by atomic mass is 19.4. The van der Waals surface area contributed by atoms with Crippen molar-refractivity contribution in [2.75, 3.05) is 18.2 Å². The van der Waals surface area contributed by atoms with Crippen molar-refractivity contribution in [3.63, 3.8) is 0 Å². The molecule has 1 aliphatic rings. The number of aliphatic carboxylic acids is 1. The number of nitrogen functional groups attached to an aromatic ring is 1. The molecule has 17 heteroatoms. The van der Waals surface area contributed by atoms with Gasteiger partial charge in [0.25, 0.3) is 5.91 Å². The quantitative estimate of drug-likeness (QED) is 0.181. The highest BCUT2D eigenvalue weighted by Crippen LogP contribution is 2.39. The summed E-state index contributed by atoms with van der Waals surface area (Å²) in [5.41, 5.74) is 7.41. The predicted molar refractivity (Wildman–Crippen MR) is 150 cm³/mol. The third kappa shape index (κ3) is 7.70. The van der Waals surface area contributed by atoms with Crippen LogP contribution >= 0.6 is 0 Å². The number of fused-ring (bicyclic) bond motifs is 1. The lowest BCUT2D eigenvalue weighted by Gasteiger charge is -2.26. The topological polar surface area (TPSA) is 162 Å². The van der Waals surface area contributed by atoms with E-state index in [2.05, 4.69) is 15.3 Å². The summed E-state index contributed by atoms with van der Waals surface area (Å²) in [4.78, 5) is 46.7. The van der Waals surface area contributed by atoms with Crippen LogP contribution in [-0.4, -0.2) is 55.6 Å². The Morgan fingerprint density at radius 1 is 1.02 bits per heavy atom. The van der Waals surface area contributed by atoms with Gasteiger partial charge in [0.2, 0.25) is 0 Å². The molecule has 1 aromatic carbocycles. The monoisotopic (exact) mass is 652 g/mol. The average Bonchev–Trinajstić information content (AvgIpc) is 3.41. The number of carboxylic acid groups (broad SMARTS) is 1. The Balaban J connectivity index is 0.000000617. The highest BCUT2D eigenvalue weighted by Gasteiger charge is 2.38. The minimum absolute atomic E-state index is 0.0101. The molecule has 4 aromatic rings. The summed E-state index contributed by atoms with van der Waals surface area (Å²) in [5.74, 6) is -2.95. The van der Waals surface area contributed by atoms with Crippen molar-refractivity contribution >= 4 is 35.0 Å². The molecular formula is C29H26F6N6O5. The van der Waals surface area contributed by atoms with Crippen molar-refractivity contribution in [1.29, 1.82) is 0 Å². The van der Waals surface area contributed by atoms with Gasteiger partial charge in [-0.1, -0.05) is 18.6 Å². The van der Waals surface area contributed by atoms with E-state index in [1.807, 2.05) is 4.40 Å². The first-order valence-electron chi connectivity index (χ1n) is 13.6. The van der Waals surface area contributed by atoms with E-state index in [0.717, 1.165) is 43.4 Å². The number of nitrogens with one attached hydrogen (secondary N) is 1. The van der Waals surface area contributed by atoms with Gasteiger partial charge in [-0.05, 0) is 43.5 Å². The molecule has 0 radical (unpaired) electrons. The second kappa shape index (κ2) is 13.4. The molecule has 3 heterocycles. The Morgan fingerprint density at radius 2 is 1.70 bits per heavy atom. The third-order valence-corrected chi connectivity index (χ3v) is 7.18. The van der Waals surface area contributed by atoms with E-state index in [1.54, 1.807) is 36.7 Å². The Morgan fingerprint density at radius 3 is 2.30 bits per heavy atom. The molecule has 0 aliphatic heterocycles. The molecule has 1 saturated carbocycles. The molecule has 0 bridgehead atoms. The minimum Gasteiger partial charge on any atom is -0.475 e. The molecule has 0 saturated heterocycles. The van der Waals surface area contributed by atoms with Crippen LogP contribution in [0.25, 0.3) is 16.8 Å². The zero-order valence-corrected chi connectivity index (χ0v) is 23.9. The lowest BCUT2D eigenvalue weighted by atomic mass is 9.81. The fourth-order valence-electron chi connectivity index (χ4n) is 5.02. The van der Waals surface area contributed by atoms with Gasteiger partial charge < -0.3 is 20.9 Å². The second-order valence-corrected chi connectivity index (χ2v) is 10.2. The Bertz CT molecular complexity index is 1740. The minimum atomic E-state index is -5.08. The molecule has 2 atom stereocenters. The molecule has 1 aliphatic carbocycles. The van der Waals surface area contributed by atoms with Crippen molar-refractivity contribution in [1.82, 2.24) is 19.4 Å². The number of imidazole rings is 1. The van der Waals surface area contributed by atoms with Gasteiger partial charge >= 0.3 is 24.3 Å². The number of carboxylic acids is 1. The number of halogens is 6. The smallest absolute Gasteiger partial charge is 0.475 e. The number of rotatable bonds is 5. The van der Waals surface area contributed by atoms with Crippen LogP contribution in [0.15, 0.2) is 55.0 Å². The van der Waals surface area contributed by atoms with Gasteiger partial charge in [-0.15, -0.1) is 0 Å². The number of benzene rings is 1. The normalized spacial score (nSPS) is 16.7. The molecule has 46 heavy (non-hydrogen) atoms. The van der Waals surface area contributed by atoms with Gasteiger partial charge in [-0.3, -0.25) is 14.0 Å². The summed E-state index contributed by atoms with van der Waals surface area (Å²) in [7, 11) is 1.39. The number of pyridine rings is 1. The summed E-state index contributed by atoms with van der Waals surface area (Å²) in [5, 5.41) is 9.52. The van der Waals surface area contributed by atoms with E-state index in [4.69, 9.17) is 25.4 Å². The molecule has 11 nitrogen and oxygen atoms in total. The Kier molecular flexibility index (Phi) is 9.82. The first-order chi connectivity index (χ1) is 21.6. The fourth-order valence-corrected chi connectivity index (χ4v) is 5.02. The van der Waals surface area contributed by atoms with Gasteiger partial charge in [0, 0.05) is 35.6 Å². The largest absolute Gasteiger partial charge is 0.490 e. The van der Waals surface area contributed by atoms with Gasteiger partial charge in [-0.25, -0.2) is 19.7 Å². The van der Waals surface area contributed by atoms with Crippen LogP contribution in [0.3, 0.4) is 0 Å². The zero-order valence-electron chi connectivity index (χ0n) is 23.9. The second-order valence-electron chi connectivity index (χ2n) is 10.2. The summed E-state index contributed by atoms with van der Waals surface area (Å²) in [6.07, 6.45) is -2.18. The fraction of sp³-hybridized carbons (Fsp3) is 0.310. The van der Waals surface area contributed by atoms with Crippen LogP contribution < -0.4 is 11.1 Å². The van der Waals surface area contributed by atoms with Gasteiger partial charge in [0.05, 0.1) is 18.6 Å². The molecule has 3 aromatic heterocycles. The van der Waals surface area contributed by atoms with E-state index in [0.29, 0.717) is 23.2 Å². The lowest BCUT2D eigenvalue weighted by Crippen LogP contribution is -2.24. The predicted octanol–water partition coefficient (Wildman–Crippen LogP) is 5.72. The number of nitrogens with zero attached hydrogens (tertiary/aromatic N) is 4. The molecule has 5 rings (SSSR count). The van der Waals surface area contributed by atoms with E-state index in [9.17, 15) is 35.9 Å². The number of carbonyl (C=O) groups is 3. The molecule has 1 fully saturated rings. The maximum Gasteiger partial charge on any atom is 0.490 e. The molecular weight excluding hydrogens is 626 g/mol. The number of methoxy groups -OCH3 is 1. The summed E-state index contributed by atoms with van der Waals surface area (Å²) in [6.45, 7) is 0. The molecule has 4 N–H and O–H groups in total. The molecule has 0 spiro atoms. The van der Waals surface area contributed by atoms with Crippen LogP contribution in [0.5, 0.6) is 0 Å². The van der Waals surface area contributed by atoms with Crippen LogP contribution in [0.4, 0.5) is 38.0 Å². The number of nitrogens with two attached hydrogens (primary N) is 1. The average molecular weight is 653 g/mol. The number of anilines is 2. The van der Waals surface area contributed by atoms with Crippen LogP contribution in [0.1, 0.15) is 53.3 Å². The van der Waals surface area contributed by atoms with Gasteiger partial charge in [-0.2, -0.15) is 26.3 Å². The third-order valence-electron chi connectivity index (χ3n) is 7.18.